The van der Waals surface area contributed by atoms with Gasteiger partial charge in [-0.05, 0) is 0 Å². The van der Waals surface area contributed by atoms with Crippen LogP contribution in [0, 0.1) is 6.92 Å². The summed E-state index contributed by atoms with van der Waals surface area (Å²) in [5, 5.41) is 8.30. The van der Waals surface area contributed by atoms with Gasteiger partial charge in [-0.1, -0.05) is 6.92 Å². The van der Waals surface area contributed by atoms with Crippen LogP contribution in [0.15, 0.2) is 0 Å². The van der Waals surface area contributed by atoms with Crippen LogP contribution in [0.1, 0.15) is 13.3 Å². The lowest BCUT2D eigenvalue weighted by Crippen LogP contribution is -2.12. The van der Waals surface area contributed by atoms with Crippen molar-refractivity contribution in [3.05, 3.63) is 6.92 Å². The molecule has 8 heavy (non-hydrogen) atoms. The highest BCUT2D eigenvalue weighted by Crippen LogP contribution is 1.87. The second kappa shape index (κ2) is 3.43. The Morgan fingerprint density at radius 3 is 2.62 bits per heavy atom. The highest BCUT2D eigenvalue weighted by Gasteiger charge is 2.00. The van der Waals surface area contributed by atoms with Crippen LogP contribution in [-0.2, 0) is 9.53 Å². The van der Waals surface area contributed by atoms with Crippen molar-refractivity contribution in [2.75, 3.05) is 0 Å². The van der Waals surface area contributed by atoms with Crippen LogP contribution in [0.2, 0.25) is 0 Å². The van der Waals surface area contributed by atoms with E-state index in [9.17, 15) is 4.79 Å². The van der Waals surface area contributed by atoms with Crippen LogP contribution in [0.25, 0.3) is 0 Å². The average molecular weight is 117 g/mol. The maximum absolute atomic E-state index is 10.2. The Balaban J connectivity index is 3.25. The minimum Gasteiger partial charge on any atom is -0.436 e. The van der Waals surface area contributed by atoms with E-state index in [1.165, 1.54) is 0 Å². The first kappa shape index (κ1) is 7.43. The molecule has 1 radical (unpaired) electrons. The van der Waals surface area contributed by atoms with E-state index < -0.39 is 12.3 Å². The third-order valence-electron chi connectivity index (χ3n) is 0.556. The van der Waals surface area contributed by atoms with Gasteiger partial charge in [0.1, 0.15) is 0 Å². The molecule has 0 heterocycles. The molecule has 0 bridgehead atoms. The molecule has 3 heteroatoms. The Morgan fingerprint density at radius 1 is 2.00 bits per heavy atom. The Kier molecular flexibility index (Phi) is 3.19. The molecule has 0 aliphatic rings. The van der Waals surface area contributed by atoms with Crippen LogP contribution in [-0.4, -0.2) is 17.4 Å². The number of aliphatic hydroxyl groups is 1. The van der Waals surface area contributed by atoms with Crippen LogP contribution in [0.4, 0.5) is 0 Å². The molecule has 0 spiro atoms. The molecule has 1 atom stereocenters. The number of carbonyl (C=O) groups excluding carboxylic acids is 1. The first-order valence-corrected chi connectivity index (χ1v) is 2.37. The third-order valence-corrected chi connectivity index (χ3v) is 0.556. The normalized spacial score (nSPS) is 12.9. The minimum atomic E-state index is -1.22. The Bertz CT molecular complexity index is 77.7. The van der Waals surface area contributed by atoms with Crippen molar-refractivity contribution in [2.45, 2.75) is 19.6 Å². The van der Waals surface area contributed by atoms with E-state index in [0.717, 1.165) is 0 Å². The van der Waals surface area contributed by atoms with E-state index in [1.54, 1.807) is 6.92 Å². The molecular formula is C5H9O3. The van der Waals surface area contributed by atoms with E-state index in [4.69, 9.17) is 5.11 Å². The summed E-state index contributed by atoms with van der Waals surface area (Å²) in [5.41, 5.74) is 0. The van der Waals surface area contributed by atoms with Gasteiger partial charge in [0.25, 0.3) is 0 Å². The molecule has 0 aromatic rings. The van der Waals surface area contributed by atoms with Crippen molar-refractivity contribution in [3.8, 4) is 0 Å². The molecule has 47 valence electrons. The third kappa shape index (κ3) is 3.61. The van der Waals surface area contributed by atoms with Crippen molar-refractivity contribution in [3.63, 3.8) is 0 Å². The maximum Gasteiger partial charge on any atom is 0.307 e. The van der Waals surface area contributed by atoms with E-state index in [-0.39, 0.29) is 6.42 Å². The van der Waals surface area contributed by atoms with E-state index >= 15 is 0 Å². The van der Waals surface area contributed by atoms with Gasteiger partial charge < -0.3 is 9.84 Å². The molecule has 3 nitrogen and oxygen atoms in total. The Hall–Kier alpha value is -0.570. The highest BCUT2D eigenvalue weighted by atomic mass is 16.6. The fraction of sp³-hybridized carbons (Fsp3) is 0.600. The summed E-state index contributed by atoms with van der Waals surface area (Å²) in [6, 6.07) is 0. The average Bonchev–Trinajstić information content (AvgIpc) is 1.65. The van der Waals surface area contributed by atoms with Gasteiger partial charge in [-0.3, -0.25) is 4.79 Å². The van der Waals surface area contributed by atoms with Gasteiger partial charge in [0.15, 0.2) is 0 Å². The van der Waals surface area contributed by atoms with Crippen LogP contribution in [0.3, 0.4) is 0 Å². The highest BCUT2D eigenvalue weighted by molar-refractivity contribution is 5.68. The van der Waals surface area contributed by atoms with Gasteiger partial charge in [-0.2, -0.15) is 0 Å². The van der Waals surface area contributed by atoms with Crippen LogP contribution < -0.4 is 0 Å². The standard InChI is InChI=1S/C5H9O3/c1-3-5(7)8-4(2)6/h4,6H,2-3H2,1H3. The number of carbonyl (C=O) groups is 1. The second-order valence-electron chi connectivity index (χ2n) is 1.30. The first-order valence-electron chi connectivity index (χ1n) is 2.37. The maximum atomic E-state index is 10.2. The summed E-state index contributed by atoms with van der Waals surface area (Å²) in [4.78, 5) is 10.2. The molecule has 0 rings (SSSR count). The van der Waals surface area contributed by atoms with Crippen LogP contribution in [0.5, 0.6) is 0 Å². The lowest BCUT2D eigenvalue weighted by atomic mass is 10.5. The zero-order valence-electron chi connectivity index (χ0n) is 4.76. The number of esters is 1. The van der Waals surface area contributed by atoms with Gasteiger partial charge >= 0.3 is 5.97 Å². The number of rotatable bonds is 2. The summed E-state index contributed by atoms with van der Waals surface area (Å²) < 4.78 is 4.20. The molecular weight excluding hydrogens is 108 g/mol. The van der Waals surface area contributed by atoms with Gasteiger partial charge in [-0.15, -0.1) is 0 Å². The molecule has 0 saturated carbocycles. The molecule has 1 N–H and O–H groups in total. The summed E-state index contributed by atoms with van der Waals surface area (Å²) >= 11 is 0. The SMILES string of the molecule is [CH2]C(O)OC(=O)CC. The number of aliphatic hydroxyl groups excluding tert-OH is 1. The van der Waals surface area contributed by atoms with Crippen molar-refractivity contribution in [2.24, 2.45) is 0 Å². The zero-order chi connectivity index (χ0) is 6.57. The molecule has 0 saturated heterocycles. The summed E-state index contributed by atoms with van der Waals surface area (Å²) in [5.74, 6) is -0.438. The molecule has 0 aliphatic heterocycles. The second-order valence-corrected chi connectivity index (χ2v) is 1.30. The number of hydrogen-bond acceptors (Lipinski definition) is 3. The van der Waals surface area contributed by atoms with Crippen LogP contribution >= 0.6 is 0 Å². The van der Waals surface area contributed by atoms with Gasteiger partial charge in [-0.25, -0.2) is 0 Å². The quantitative estimate of drug-likeness (QED) is 0.412. The molecule has 1 unspecified atom stereocenters. The minimum absolute atomic E-state index is 0.270. The molecule has 0 amide bonds. The largest absolute Gasteiger partial charge is 0.436 e. The predicted molar refractivity (Wildman–Crippen MR) is 27.7 cm³/mol. The number of hydrogen-bond donors (Lipinski definition) is 1. The van der Waals surface area contributed by atoms with Gasteiger partial charge in [0.2, 0.25) is 6.29 Å². The summed E-state index contributed by atoms with van der Waals surface area (Å²) in [6.07, 6.45) is -0.950. The fourth-order valence-corrected chi connectivity index (χ4v) is 0.235. The molecule has 0 aliphatic carbocycles. The van der Waals surface area contributed by atoms with Crippen molar-refractivity contribution >= 4 is 5.97 Å². The Labute approximate surface area is 48.3 Å². The topological polar surface area (TPSA) is 46.5 Å². The monoisotopic (exact) mass is 117 g/mol. The first-order chi connectivity index (χ1) is 3.66. The number of ether oxygens (including phenoxy) is 1. The molecule has 0 aromatic heterocycles. The van der Waals surface area contributed by atoms with Gasteiger partial charge in [0, 0.05) is 13.3 Å². The lowest BCUT2D eigenvalue weighted by molar-refractivity contribution is -0.160. The van der Waals surface area contributed by atoms with E-state index in [2.05, 4.69) is 11.7 Å². The summed E-state index contributed by atoms with van der Waals surface area (Å²) in [6.45, 7) is 4.68. The van der Waals surface area contributed by atoms with Crippen molar-refractivity contribution < 1.29 is 14.6 Å². The summed E-state index contributed by atoms with van der Waals surface area (Å²) in [7, 11) is 0. The van der Waals surface area contributed by atoms with Gasteiger partial charge in [0.05, 0.1) is 0 Å². The van der Waals surface area contributed by atoms with E-state index in [0.29, 0.717) is 0 Å². The lowest BCUT2D eigenvalue weighted by Gasteiger charge is -2.02. The Morgan fingerprint density at radius 2 is 2.50 bits per heavy atom. The smallest absolute Gasteiger partial charge is 0.307 e. The molecule has 0 fully saturated rings. The molecule has 0 aromatic carbocycles. The van der Waals surface area contributed by atoms with Crippen molar-refractivity contribution in [1.29, 1.82) is 0 Å². The van der Waals surface area contributed by atoms with E-state index in [1.807, 2.05) is 0 Å². The van der Waals surface area contributed by atoms with Crippen molar-refractivity contribution in [1.82, 2.24) is 0 Å². The predicted octanol–water partition coefficient (Wildman–Crippen LogP) is 0.0921. The zero-order valence-corrected chi connectivity index (χ0v) is 4.76. The fourth-order valence-electron chi connectivity index (χ4n) is 0.235.